The number of aryl methyl sites for hydroxylation is 1. The van der Waals surface area contributed by atoms with Crippen molar-refractivity contribution in [1.29, 1.82) is 0 Å². The molecule has 0 fully saturated rings. The number of amides is 1. The minimum atomic E-state index is -0.516. The second-order valence-corrected chi connectivity index (χ2v) is 5.50. The van der Waals surface area contributed by atoms with Gasteiger partial charge in [0.15, 0.2) is 11.5 Å². The van der Waals surface area contributed by atoms with Crippen molar-refractivity contribution in [2.75, 3.05) is 11.9 Å². The maximum absolute atomic E-state index is 12.1. The number of oxazole rings is 1. The molecule has 2 N–H and O–H groups in total. The second-order valence-electron chi connectivity index (χ2n) is 5.50. The van der Waals surface area contributed by atoms with Gasteiger partial charge in [0, 0.05) is 37.7 Å². The summed E-state index contributed by atoms with van der Waals surface area (Å²) >= 11 is 0. The summed E-state index contributed by atoms with van der Waals surface area (Å²) in [5.74, 6) is 0.590. The molecule has 0 unspecified atom stereocenters. The number of hydrogen-bond acceptors (Lipinski definition) is 4. The van der Waals surface area contributed by atoms with Gasteiger partial charge >= 0.3 is 0 Å². The summed E-state index contributed by atoms with van der Waals surface area (Å²) in [6.45, 7) is 5.47. The molecule has 1 aromatic heterocycles. The van der Waals surface area contributed by atoms with E-state index >= 15 is 0 Å². The van der Waals surface area contributed by atoms with Gasteiger partial charge in [-0.05, 0) is 26.0 Å². The van der Waals surface area contributed by atoms with E-state index in [9.17, 15) is 4.79 Å². The van der Waals surface area contributed by atoms with E-state index in [0.717, 1.165) is 11.2 Å². The van der Waals surface area contributed by atoms with Gasteiger partial charge in [-0.2, -0.15) is 0 Å². The molecule has 0 bridgehead atoms. The van der Waals surface area contributed by atoms with Crippen LogP contribution >= 0.6 is 0 Å². The first-order valence-electron chi connectivity index (χ1n) is 6.19. The molecule has 5 heteroatoms. The number of benzene rings is 1. The lowest BCUT2D eigenvalue weighted by Gasteiger charge is -2.23. The van der Waals surface area contributed by atoms with Crippen LogP contribution in [0.2, 0.25) is 0 Å². The number of carbonyl (C=O) groups excluding carboxylic acids is 1. The summed E-state index contributed by atoms with van der Waals surface area (Å²) in [7, 11) is 1.73. The van der Waals surface area contributed by atoms with Gasteiger partial charge in [-0.25, -0.2) is 4.98 Å². The number of nitrogens with two attached hydrogens (primary N) is 1. The summed E-state index contributed by atoms with van der Waals surface area (Å²) in [4.78, 5) is 17.9. The largest absolute Gasteiger partial charge is 0.441 e. The number of rotatable bonds is 3. The van der Waals surface area contributed by atoms with E-state index in [1.54, 1.807) is 18.9 Å². The lowest BCUT2D eigenvalue weighted by Crippen LogP contribution is -2.39. The number of aromatic nitrogens is 1. The van der Waals surface area contributed by atoms with Crippen molar-refractivity contribution in [3.05, 3.63) is 24.1 Å². The topological polar surface area (TPSA) is 72.4 Å². The first kappa shape index (κ1) is 13.5. The summed E-state index contributed by atoms with van der Waals surface area (Å²) in [6, 6.07) is 5.51. The fourth-order valence-corrected chi connectivity index (χ4v) is 1.89. The summed E-state index contributed by atoms with van der Waals surface area (Å²) < 4.78 is 5.47. The first-order valence-corrected chi connectivity index (χ1v) is 6.19. The molecule has 102 valence electrons. The van der Waals surface area contributed by atoms with Crippen molar-refractivity contribution >= 4 is 22.7 Å². The van der Waals surface area contributed by atoms with Crippen molar-refractivity contribution in [1.82, 2.24) is 4.98 Å². The SMILES string of the molecule is Cc1nc2ccc(N(C)C(=O)CC(C)(C)N)cc2o1. The molecule has 5 nitrogen and oxygen atoms in total. The Morgan fingerprint density at radius 1 is 1.47 bits per heavy atom. The molecule has 0 radical (unpaired) electrons. The van der Waals surface area contributed by atoms with Gasteiger partial charge in [0.25, 0.3) is 0 Å². The summed E-state index contributed by atoms with van der Waals surface area (Å²) in [6.07, 6.45) is 0.289. The van der Waals surface area contributed by atoms with Crippen LogP contribution in [0.1, 0.15) is 26.2 Å². The molecule has 2 aromatic rings. The zero-order valence-electron chi connectivity index (χ0n) is 11.7. The fourth-order valence-electron chi connectivity index (χ4n) is 1.89. The Morgan fingerprint density at radius 2 is 2.16 bits per heavy atom. The summed E-state index contributed by atoms with van der Waals surface area (Å²) in [5, 5.41) is 0. The Labute approximate surface area is 112 Å². The number of fused-ring (bicyclic) bond motifs is 1. The van der Waals surface area contributed by atoms with Crippen LogP contribution in [0.3, 0.4) is 0 Å². The van der Waals surface area contributed by atoms with Crippen LogP contribution in [0.4, 0.5) is 5.69 Å². The molecule has 2 rings (SSSR count). The molecule has 0 atom stereocenters. The third-order valence-electron chi connectivity index (χ3n) is 2.85. The van der Waals surface area contributed by atoms with Crippen molar-refractivity contribution in [2.45, 2.75) is 32.7 Å². The van der Waals surface area contributed by atoms with E-state index in [1.807, 2.05) is 32.0 Å². The molecule has 19 heavy (non-hydrogen) atoms. The van der Waals surface area contributed by atoms with Crippen LogP contribution in [0.5, 0.6) is 0 Å². The number of carbonyl (C=O) groups is 1. The van der Waals surface area contributed by atoms with Gasteiger partial charge in [-0.1, -0.05) is 0 Å². The van der Waals surface area contributed by atoms with Gasteiger partial charge < -0.3 is 15.1 Å². The highest BCUT2D eigenvalue weighted by Gasteiger charge is 2.20. The number of anilines is 1. The summed E-state index contributed by atoms with van der Waals surface area (Å²) in [5.41, 5.74) is 7.61. The highest BCUT2D eigenvalue weighted by atomic mass is 16.3. The lowest BCUT2D eigenvalue weighted by molar-refractivity contribution is -0.119. The number of nitrogens with zero attached hydrogens (tertiary/aromatic N) is 2. The fraction of sp³-hybridized carbons (Fsp3) is 0.429. The molecule has 0 aliphatic rings. The van der Waals surface area contributed by atoms with Crippen LogP contribution in [0, 0.1) is 6.92 Å². The Balaban J connectivity index is 2.25. The lowest BCUT2D eigenvalue weighted by atomic mass is 10.0. The van der Waals surface area contributed by atoms with Crippen LogP contribution in [0.15, 0.2) is 22.6 Å². The molecule has 0 saturated carbocycles. The molecule has 0 spiro atoms. The third-order valence-corrected chi connectivity index (χ3v) is 2.85. The molecular formula is C14H19N3O2. The minimum absolute atomic E-state index is 0.0249. The van der Waals surface area contributed by atoms with E-state index in [4.69, 9.17) is 10.2 Å². The standard InChI is InChI=1S/C14H19N3O2/c1-9-16-11-6-5-10(7-12(11)19-9)17(4)13(18)8-14(2,3)15/h5-7H,8,15H2,1-4H3. The van der Waals surface area contributed by atoms with E-state index in [0.29, 0.717) is 11.5 Å². The van der Waals surface area contributed by atoms with Gasteiger partial charge in [-0.15, -0.1) is 0 Å². The molecule has 0 aliphatic carbocycles. The molecule has 1 amide bonds. The van der Waals surface area contributed by atoms with Gasteiger partial charge in [0.1, 0.15) is 5.52 Å². The van der Waals surface area contributed by atoms with Crippen LogP contribution < -0.4 is 10.6 Å². The zero-order valence-corrected chi connectivity index (χ0v) is 11.7. The highest BCUT2D eigenvalue weighted by molar-refractivity contribution is 5.95. The average Bonchev–Trinajstić information content (AvgIpc) is 2.64. The van der Waals surface area contributed by atoms with E-state index in [-0.39, 0.29) is 12.3 Å². The maximum atomic E-state index is 12.1. The van der Waals surface area contributed by atoms with Crippen LogP contribution in [0.25, 0.3) is 11.1 Å². The predicted octanol–water partition coefficient (Wildman–Crippen LogP) is 2.23. The Hall–Kier alpha value is -1.88. The second kappa shape index (κ2) is 4.66. The highest BCUT2D eigenvalue weighted by Crippen LogP contribution is 2.23. The van der Waals surface area contributed by atoms with Gasteiger partial charge in [0.05, 0.1) is 0 Å². The van der Waals surface area contributed by atoms with Crippen molar-refractivity contribution in [3.8, 4) is 0 Å². The third kappa shape index (κ3) is 3.12. The van der Waals surface area contributed by atoms with E-state index < -0.39 is 5.54 Å². The quantitative estimate of drug-likeness (QED) is 0.919. The molecule has 1 heterocycles. The normalized spacial score (nSPS) is 11.8. The van der Waals surface area contributed by atoms with Crippen molar-refractivity contribution in [2.24, 2.45) is 5.73 Å². The maximum Gasteiger partial charge on any atom is 0.228 e. The van der Waals surface area contributed by atoms with Crippen LogP contribution in [-0.4, -0.2) is 23.5 Å². The average molecular weight is 261 g/mol. The van der Waals surface area contributed by atoms with Gasteiger partial charge in [-0.3, -0.25) is 4.79 Å². The Kier molecular flexibility index (Phi) is 3.32. The van der Waals surface area contributed by atoms with Crippen LogP contribution in [-0.2, 0) is 4.79 Å². The zero-order chi connectivity index (χ0) is 14.2. The smallest absolute Gasteiger partial charge is 0.228 e. The molecule has 0 aliphatic heterocycles. The van der Waals surface area contributed by atoms with Crippen molar-refractivity contribution in [3.63, 3.8) is 0 Å². The van der Waals surface area contributed by atoms with Crippen molar-refractivity contribution < 1.29 is 9.21 Å². The Bertz CT molecular complexity index is 611. The molecular weight excluding hydrogens is 242 g/mol. The first-order chi connectivity index (χ1) is 8.76. The minimum Gasteiger partial charge on any atom is -0.441 e. The van der Waals surface area contributed by atoms with E-state index in [2.05, 4.69) is 4.98 Å². The molecule has 0 saturated heterocycles. The Morgan fingerprint density at radius 3 is 2.79 bits per heavy atom. The number of hydrogen-bond donors (Lipinski definition) is 1. The predicted molar refractivity (Wildman–Crippen MR) is 75.0 cm³/mol. The van der Waals surface area contributed by atoms with E-state index in [1.165, 1.54) is 0 Å². The van der Waals surface area contributed by atoms with Gasteiger partial charge in [0.2, 0.25) is 5.91 Å². The molecule has 1 aromatic carbocycles. The monoisotopic (exact) mass is 261 g/mol.